The van der Waals surface area contributed by atoms with Gasteiger partial charge in [-0.05, 0) is 64.2 Å². The number of phosphoric ester groups is 1. The van der Waals surface area contributed by atoms with E-state index in [4.69, 9.17) is 19.7 Å². The Labute approximate surface area is 356 Å². The Morgan fingerprint density at radius 1 is 0.582 bits per heavy atom. The van der Waals surface area contributed by atoms with Gasteiger partial charge in [0.15, 0.2) is 6.10 Å². The molecule has 11 nitrogen and oxygen atoms in total. The van der Waals surface area contributed by atoms with Gasteiger partial charge in [0, 0.05) is 12.8 Å². The number of unbranched alkanes of at least 4 members (excludes halogenated alkanes) is 22. The molecule has 0 amide bonds. The number of ether oxygens (including phenoxy) is 2. The molecule has 0 aliphatic rings. The zero-order valence-electron chi connectivity index (χ0n) is 35.0. The van der Waals surface area contributed by atoms with E-state index in [1.54, 1.807) is 0 Å². The van der Waals surface area contributed by atoms with Crippen LogP contribution in [0.25, 0.3) is 0 Å². The van der Waals surface area contributed by atoms with Crippen LogP contribution in [0.2, 0.25) is 0 Å². The monoisotopic (exact) mass is 810 g/mol. The Hall–Kier alpha value is -1.04. The third-order valence-electron chi connectivity index (χ3n) is 9.16. The SMILES string of the molecule is CCCCCCCCC=CCCCCCCCC(=O)OCC(COP(=O)(O)OCC(N)C(=O)[O-])OC(=O)CCCCCCCC=CCCCCCCCC.[Na+]. The summed E-state index contributed by atoms with van der Waals surface area (Å²) < 4.78 is 32.5. The molecule has 0 radical (unpaired) electrons. The summed E-state index contributed by atoms with van der Waals surface area (Å²) in [5.41, 5.74) is 5.26. The molecule has 0 aromatic heterocycles. The first-order chi connectivity index (χ1) is 26.1. The van der Waals surface area contributed by atoms with Gasteiger partial charge in [-0.3, -0.25) is 18.6 Å². The van der Waals surface area contributed by atoms with Crippen LogP contribution in [-0.4, -0.2) is 54.8 Å². The average molecular weight is 810 g/mol. The van der Waals surface area contributed by atoms with Crippen molar-refractivity contribution in [2.24, 2.45) is 5.73 Å². The van der Waals surface area contributed by atoms with Gasteiger partial charge in [-0.15, -0.1) is 0 Å². The standard InChI is InChI=1S/C42H78NO10P.Na/c1-3-5-7-9-11-13-15-17-19-21-23-25-27-29-31-33-40(44)50-35-38(36-51-54(48,49)52-37-39(43)42(46)47)53-41(45)34-32-30-28-26-24-22-20-18-16-14-12-10-8-6-4-2;/h17-20,38-39H,3-16,21-37,43H2,1-2H3,(H,46,47)(H,48,49);/q;+1/p-1. The minimum Gasteiger partial charge on any atom is -0.548 e. The van der Waals surface area contributed by atoms with Gasteiger partial charge in [0.25, 0.3) is 0 Å². The molecule has 3 N–H and O–H groups in total. The summed E-state index contributed by atoms with van der Waals surface area (Å²) in [5.74, 6) is -2.66. The van der Waals surface area contributed by atoms with Crippen LogP contribution >= 0.6 is 7.82 Å². The number of phosphoric acid groups is 1. The fourth-order valence-electron chi connectivity index (χ4n) is 5.76. The molecule has 3 atom stereocenters. The smallest absolute Gasteiger partial charge is 0.548 e. The van der Waals surface area contributed by atoms with E-state index in [-0.39, 0.29) is 49.0 Å². The van der Waals surface area contributed by atoms with Gasteiger partial charge in [-0.2, -0.15) is 0 Å². The minimum atomic E-state index is -4.74. The molecule has 0 heterocycles. The zero-order chi connectivity index (χ0) is 40.0. The number of nitrogens with two attached hydrogens (primary N) is 1. The number of rotatable bonds is 40. The molecule has 0 aliphatic heterocycles. The van der Waals surface area contributed by atoms with Crippen molar-refractivity contribution in [1.82, 2.24) is 0 Å². The summed E-state index contributed by atoms with van der Waals surface area (Å²) in [6.07, 6.45) is 38.0. The van der Waals surface area contributed by atoms with Gasteiger partial charge in [0.1, 0.15) is 6.61 Å². The number of carbonyl (C=O) groups excluding carboxylic acids is 3. The fraction of sp³-hybridized carbons (Fsp3) is 0.833. The summed E-state index contributed by atoms with van der Waals surface area (Å²) in [4.78, 5) is 45.7. The molecule has 0 saturated carbocycles. The molecule has 0 bridgehead atoms. The molecule has 0 saturated heterocycles. The Morgan fingerprint density at radius 2 is 0.945 bits per heavy atom. The van der Waals surface area contributed by atoms with Crippen LogP contribution < -0.4 is 40.4 Å². The summed E-state index contributed by atoms with van der Waals surface area (Å²) in [6.45, 7) is 2.69. The topological polar surface area (TPSA) is 175 Å². The molecule has 0 aliphatic carbocycles. The molecule has 0 rings (SSSR count). The van der Waals surface area contributed by atoms with Gasteiger partial charge in [0.05, 0.1) is 25.2 Å². The maximum absolute atomic E-state index is 12.6. The van der Waals surface area contributed by atoms with Crippen molar-refractivity contribution in [2.75, 3.05) is 19.8 Å². The number of carbonyl (C=O) groups is 3. The molecular formula is C42H77NNaO10P. The Bertz CT molecular complexity index is 1030. The van der Waals surface area contributed by atoms with Crippen molar-refractivity contribution < 1.29 is 77.0 Å². The number of esters is 2. The van der Waals surface area contributed by atoms with Gasteiger partial charge >= 0.3 is 49.3 Å². The second kappa shape index (κ2) is 41.1. The third kappa shape index (κ3) is 40.9. The van der Waals surface area contributed by atoms with E-state index in [2.05, 4.69) is 42.7 Å². The van der Waals surface area contributed by atoms with Crippen LogP contribution in [0.4, 0.5) is 0 Å². The first kappa shape index (κ1) is 56.1. The van der Waals surface area contributed by atoms with Crippen molar-refractivity contribution in [3.05, 3.63) is 24.3 Å². The van der Waals surface area contributed by atoms with E-state index in [1.807, 2.05) is 0 Å². The molecule has 0 spiro atoms. The van der Waals surface area contributed by atoms with Crippen LogP contribution in [0.5, 0.6) is 0 Å². The molecule has 0 aromatic carbocycles. The normalized spacial score (nSPS) is 13.7. The first-order valence-corrected chi connectivity index (χ1v) is 22.8. The van der Waals surface area contributed by atoms with Crippen molar-refractivity contribution >= 4 is 25.7 Å². The van der Waals surface area contributed by atoms with Gasteiger partial charge in [-0.1, -0.05) is 141 Å². The van der Waals surface area contributed by atoms with E-state index >= 15 is 0 Å². The van der Waals surface area contributed by atoms with Crippen molar-refractivity contribution in [1.29, 1.82) is 0 Å². The fourth-order valence-corrected chi connectivity index (χ4v) is 6.53. The van der Waals surface area contributed by atoms with Gasteiger partial charge < -0.3 is 30.0 Å². The minimum absolute atomic E-state index is 0. The summed E-state index contributed by atoms with van der Waals surface area (Å²) >= 11 is 0. The zero-order valence-corrected chi connectivity index (χ0v) is 37.9. The molecule has 13 heteroatoms. The third-order valence-corrected chi connectivity index (χ3v) is 10.1. The quantitative estimate of drug-likeness (QED) is 0.0221. The second-order valence-corrected chi connectivity index (χ2v) is 15.9. The maximum Gasteiger partial charge on any atom is 1.00 e. The predicted molar refractivity (Wildman–Crippen MR) is 214 cm³/mol. The number of carboxylic acid groups (broad SMARTS) is 1. The van der Waals surface area contributed by atoms with Gasteiger partial charge in [0.2, 0.25) is 0 Å². The van der Waals surface area contributed by atoms with Crippen LogP contribution in [-0.2, 0) is 37.5 Å². The average Bonchev–Trinajstić information content (AvgIpc) is 3.14. The number of allylic oxidation sites excluding steroid dienone is 4. The molecule has 316 valence electrons. The van der Waals surface area contributed by atoms with Crippen LogP contribution in [0, 0.1) is 0 Å². The molecule has 0 aromatic rings. The van der Waals surface area contributed by atoms with Crippen molar-refractivity contribution in [3.63, 3.8) is 0 Å². The predicted octanol–water partition coefficient (Wildman–Crippen LogP) is 6.73. The Balaban J connectivity index is 0. The van der Waals surface area contributed by atoms with E-state index in [9.17, 15) is 28.9 Å². The molecule has 3 unspecified atom stereocenters. The maximum atomic E-state index is 12.6. The first-order valence-electron chi connectivity index (χ1n) is 21.3. The molecular weight excluding hydrogens is 732 g/mol. The van der Waals surface area contributed by atoms with Crippen LogP contribution in [0.15, 0.2) is 24.3 Å². The number of hydrogen-bond donors (Lipinski definition) is 2. The summed E-state index contributed by atoms with van der Waals surface area (Å²) in [7, 11) is -4.74. The van der Waals surface area contributed by atoms with Crippen molar-refractivity contribution in [3.8, 4) is 0 Å². The Morgan fingerprint density at radius 3 is 1.36 bits per heavy atom. The van der Waals surface area contributed by atoms with E-state index in [1.165, 1.54) is 77.0 Å². The van der Waals surface area contributed by atoms with E-state index in [0.29, 0.717) is 12.8 Å². The van der Waals surface area contributed by atoms with Crippen molar-refractivity contribution in [2.45, 2.75) is 206 Å². The van der Waals surface area contributed by atoms with Crippen LogP contribution in [0.1, 0.15) is 194 Å². The summed E-state index contributed by atoms with van der Waals surface area (Å²) in [5, 5.41) is 10.8. The van der Waals surface area contributed by atoms with Gasteiger partial charge in [-0.25, -0.2) is 4.57 Å². The number of aliphatic carboxylic acids is 1. The molecule has 55 heavy (non-hydrogen) atoms. The largest absolute Gasteiger partial charge is 1.00 e. The van der Waals surface area contributed by atoms with E-state index < -0.39 is 51.1 Å². The molecule has 0 fully saturated rings. The van der Waals surface area contributed by atoms with E-state index in [0.717, 1.165) is 77.0 Å². The summed E-state index contributed by atoms with van der Waals surface area (Å²) in [6, 6.07) is -1.63. The van der Waals surface area contributed by atoms with Crippen LogP contribution in [0.3, 0.4) is 0 Å². The number of hydrogen-bond acceptors (Lipinski definition) is 10. The Kier molecular flexibility index (Phi) is 41.9. The number of carboxylic acids is 1. The second-order valence-electron chi connectivity index (χ2n) is 14.4.